The Hall–Kier alpha value is -0.110. The molecule has 0 unspecified atom stereocenters. The molecular formula is C27H54OS. The van der Waals surface area contributed by atoms with Crippen LogP contribution in [0.5, 0.6) is 0 Å². The summed E-state index contributed by atoms with van der Waals surface area (Å²) in [6.45, 7) is 5.40. The van der Waals surface area contributed by atoms with E-state index in [4.69, 9.17) is 17.0 Å². The molecule has 0 aliphatic heterocycles. The lowest BCUT2D eigenvalue weighted by Crippen LogP contribution is -2.03. The highest BCUT2D eigenvalue weighted by atomic mass is 32.1. The molecule has 0 bridgehead atoms. The smallest absolute Gasteiger partial charge is 0.159 e. The maximum atomic E-state index is 5.72. The number of hydrogen-bond donors (Lipinski definition) is 0. The molecule has 0 aromatic carbocycles. The molecule has 0 aliphatic rings. The zero-order chi connectivity index (χ0) is 21.3. The predicted octanol–water partition coefficient (Wildman–Crippen LogP) is 10.3. The summed E-state index contributed by atoms with van der Waals surface area (Å²) < 4.78 is 5.72. The number of ether oxygens (including phenoxy) is 1. The molecule has 174 valence electrons. The number of thiocarbonyl (C=S) groups is 1. The minimum absolute atomic E-state index is 0.839. The molecule has 1 nitrogen and oxygen atoms in total. The quantitative estimate of drug-likeness (QED) is 0.112. The monoisotopic (exact) mass is 426 g/mol. The number of rotatable bonds is 24. The topological polar surface area (TPSA) is 9.23 Å². The van der Waals surface area contributed by atoms with Crippen molar-refractivity contribution < 1.29 is 4.74 Å². The van der Waals surface area contributed by atoms with Crippen molar-refractivity contribution in [2.75, 3.05) is 6.61 Å². The summed E-state index contributed by atoms with van der Waals surface area (Å²) in [5.41, 5.74) is 0. The summed E-state index contributed by atoms with van der Waals surface area (Å²) in [5.74, 6) is 0. The molecule has 0 aromatic heterocycles. The molecule has 0 rings (SSSR count). The van der Waals surface area contributed by atoms with Gasteiger partial charge in [0.15, 0.2) is 5.05 Å². The van der Waals surface area contributed by atoms with Crippen LogP contribution in [-0.4, -0.2) is 11.7 Å². The van der Waals surface area contributed by atoms with Crippen molar-refractivity contribution >= 4 is 17.3 Å². The maximum Gasteiger partial charge on any atom is 0.159 e. The molecule has 0 heterocycles. The average Bonchev–Trinajstić information content (AvgIpc) is 2.72. The van der Waals surface area contributed by atoms with E-state index in [0.717, 1.165) is 18.1 Å². The average molecular weight is 427 g/mol. The summed E-state index contributed by atoms with van der Waals surface area (Å²) in [6, 6.07) is 0. The van der Waals surface area contributed by atoms with Gasteiger partial charge in [-0.25, -0.2) is 0 Å². The van der Waals surface area contributed by atoms with Crippen LogP contribution in [0.1, 0.15) is 162 Å². The van der Waals surface area contributed by atoms with Crippen LogP contribution >= 0.6 is 12.2 Å². The first-order valence-corrected chi connectivity index (χ1v) is 13.9. The molecule has 0 fully saturated rings. The molecule has 0 aliphatic carbocycles. The standard InChI is InChI=1S/C27H54OS/c1-3-5-7-9-11-12-13-14-15-16-17-18-19-21-23-25-27(29)28-26-24-22-20-10-8-6-4-2/h3-26H2,1-2H3. The third-order valence-corrected chi connectivity index (χ3v) is 6.32. The summed E-state index contributed by atoms with van der Waals surface area (Å²) in [7, 11) is 0. The van der Waals surface area contributed by atoms with E-state index in [9.17, 15) is 0 Å². The minimum Gasteiger partial charge on any atom is -0.487 e. The molecule has 0 saturated heterocycles. The van der Waals surface area contributed by atoms with Gasteiger partial charge in [-0.3, -0.25) is 0 Å². The Morgan fingerprint density at radius 2 is 0.759 bits per heavy atom. The van der Waals surface area contributed by atoms with Crippen molar-refractivity contribution in [3.8, 4) is 0 Å². The minimum atomic E-state index is 0.839. The largest absolute Gasteiger partial charge is 0.487 e. The number of unbranched alkanes of at least 4 members (excludes halogenated alkanes) is 20. The van der Waals surface area contributed by atoms with E-state index in [1.165, 1.54) is 141 Å². The first kappa shape index (κ1) is 28.9. The van der Waals surface area contributed by atoms with Crippen LogP contribution in [-0.2, 0) is 4.74 Å². The van der Waals surface area contributed by atoms with Crippen molar-refractivity contribution in [3.63, 3.8) is 0 Å². The molecule has 0 atom stereocenters. The van der Waals surface area contributed by atoms with Crippen LogP contribution < -0.4 is 0 Å². The zero-order valence-electron chi connectivity index (χ0n) is 20.3. The van der Waals surface area contributed by atoms with Gasteiger partial charge in [0.2, 0.25) is 0 Å². The molecular weight excluding hydrogens is 372 g/mol. The predicted molar refractivity (Wildman–Crippen MR) is 136 cm³/mol. The van der Waals surface area contributed by atoms with E-state index in [0.29, 0.717) is 0 Å². The fourth-order valence-corrected chi connectivity index (χ4v) is 4.19. The Kier molecular flexibility index (Phi) is 25.8. The summed E-state index contributed by atoms with van der Waals surface area (Å²) in [4.78, 5) is 0. The zero-order valence-corrected chi connectivity index (χ0v) is 21.1. The van der Waals surface area contributed by atoms with Crippen molar-refractivity contribution in [2.24, 2.45) is 0 Å². The van der Waals surface area contributed by atoms with Crippen molar-refractivity contribution in [2.45, 2.75) is 162 Å². The van der Waals surface area contributed by atoms with Gasteiger partial charge in [-0.1, -0.05) is 142 Å². The molecule has 0 amide bonds. The Morgan fingerprint density at radius 1 is 0.448 bits per heavy atom. The van der Waals surface area contributed by atoms with Gasteiger partial charge in [0.1, 0.15) is 0 Å². The molecule has 2 heteroatoms. The second kappa shape index (κ2) is 25.9. The molecule has 0 radical (unpaired) electrons. The molecule has 0 N–H and O–H groups in total. The van der Waals surface area contributed by atoms with Crippen molar-refractivity contribution in [1.29, 1.82) is 0 Å². The van der Waals surface area contributed by atoms with Crippen LogP contribution in [0.4, 0.5) is 0 Å². The SMILES string of the molecule is CCCCCCCCCCCCCCCCCC(=S)OCCCCCCCCC. The van der Waals surface area contributed by atoms with E-state index < -0.39 is 0 Å². The van der Waals surface area contributed by atoms with E-state index in [-0.39, 0.29) is 0 Å². The number of hydrogen-bond acceptors (Lipinski definition) is 2. The highest BCUT2D eigenvalue weighted by Gasteiger charge is 1.99. The summed E-state index contributed by atoms with van der Waals surface area (Å²) >= 11 is 5.37. The lowest BCUT2D eigenvalue weighted by Gasteiger charge is -2.07. The summed E-state index contributed by atoms with van der Waals surface area (Å²) in [6.07, 6.45) is 31.5. The second-order valence-electron chi connectivity index (χ2n) is 9.04. The highest BCUT2D eigenvalue weighted by Crippen LogP contribution is 2.14. The molecule has 29 heavy (non-hydrogen) atoms. The van der Waals surface area contributed by atoms with Crippen LogP contribution in [0.3, 0.4) is 0 Å². The Bertz CT molecular complexity index is 316. The van der Waals surface area contributed by atoms with E-state index in [2.05, 4.69) is 13.8 Å². The van der Waals surface area contributed by atoms with Crippen molar-refractivity contribution in [1.82, 2.24) is 0 Å². The van der Waals surface area contributed by atoms with Gasteiger partial charge in [-0.2, -0.15) is 0 Å². The Balaban J connectivity index is 3.12. The van der Waals surface area contributed by atoms with Gasteiger partial charge in [0.25, 0.3) is 0 Å². The van der Waals surface area contributed by atoms with Gasteiger partial charge >= 0.3 is 0 Å². The van der Waals surface area contributed by atoms with E-state index in [1.54, 1.807) is 0 Å². The summed E-state index contributed by atoms with van der Waals surface area (Å²) in [5, 5.41) is 0.852. The Morgan fingerprint density at radius 3 is 1.14 bits per heavy atom. The van der Waals surface area contributed by atoms with E-state index >= 15 is 0 Å². The Labute approximate surface area is 190 Å². The lowest BCUT2D eigenvalue weighted by atomic mass is 10.0. The van der Waals surface area contributed by atoms with Gasteiger partial charge < -0.3 is 4.74 Å². The van der Waals surface area contributed by atoms with Gasteiger partial charge in [-0.05, 0) is 25.1 Å². The molecule has 0 saturated carbocycles. The fourth-order valence-electron chi connectivity index (χ4n) is 3.96. The second-order valence-corrected chi connectivity index (χ2v) is 9.50. The maximum absolute atomic E-state index is 5.72. The van der Waals surface area contributed by atoms with Crippen LogP contribution in [0.15, 0.2) is 0 Å². The van der Waals surface area contributed by atoms with Gasteiger partial charge in [-0.15, -0.1) is 0 Å². The third kappa shape index (κ3) is 25.9. The van der Waals surface area contributed by atoms with Crippen molar-refractivity contribution in [3.05, 3.63) is 0 Å². The van der Waals surface area contributed by atoms with Gasteiger partial charge in [0, 0.05) is 6.42 Å². The third-order valence-electron chi connectivity index (χ3n) is 6.00. The first-order chi connectivity index (χ1) is 14.3. The lowest BCUT2D eigenvalue weighted by molar-refractivity contribution is 0.290. The van der Waals surface area contributed by atoms with Gasteiger partial charge in [0.05, 0.1) is 6.61 Å². The normalized spacial score (nSPS) is 11.1. The fraction of sp³-hybridized carbons (Fsp3) is 0.963. The van der Waals surface area contributed by atoms with Crippen LogP contribution in [0.25, 0.3) is 0 Å². The molecule has 0 spiro atoms. The first-order valence-electron chi connectivity index (χ1n) is 13.5. The van der Waals surface area contributed by atoms with Crippen LogP contribution in [0.2, 0.25) is 0 Å². The van der Waals surface area contributed by atoms with E-state index in [1.807, 2.05) is 0 Å². The van der Waals surface area contributed by atoms with Crippen LogP contribution in [0, 0.1) is 0 Å². The molecule has 0 aromatic rings. The highest BCUT2D eigenvalue weighted by molar-refractivity contribution is 7.80.